The Kier molecular flexibility index (Phi) is 6.59. The molecule has 1 aliphatic rings. The average Bonchev–Trinajstić information content (AvgIpc) is 2.80. The summed E-state index contributed by atoms with van der Waals surface area (Å²) < 4.78 is 5.64. The number of amides is 1. The van der Waals surface area contributed by atoms with Gasteiger partial charge in [-0.3, -0.25) is 4.79 Å². The summed E-state index contributed by atoms with van der Waals surface area (Å²) in [4.78, 5) is 16.5. The molecule has 0 atom stereocenters. The van der Waals surface area contributed by atoms with Crippen LogP contribution in [-0.4, -0.2) is 53.8 Å². The van der Waals surface area contributed by atoms with Crippen LogP contribution in [-0.2, 0) is 4.79 Å². The van der Waals surface area contributed by atoms with Gasteiger partial charge in [-0.2, -0.15) is 0 Å². The monoisotopic (exact) mass is 456 g/mol. The van der Waals surface area contributed by atoms with Crippen molar-refractivity contribution in [1.29, 1.82) is 0 Å². The second kappa shape index (κ2) is 9.54. The molecule has 0 unspecified atom stereocenters. The van der Waals surface area contributed by atoms with Crippen molar-refractivity contribution in [3.63, 3.8) is 0 Å². The van der Waals surface area contributed by atoms with E-state index >= 15 is 0 Å². The van der Waals surface area contributed by atoms with Crippen LogP contribution in [0.2, 0.25) is 10.0 Å². The van der Waals surface area contributed by atoms with Crippen molar-refractivity contribution in [3.8, 4) is 17.0 Å². The molecule has 160 valence electrons. The van der Waals surface area contributed by atoms with Crippen LogP contribution < -0.4 is 9.64 Å². The topological polar surface area (TPSA) is 58.6 Å². The van der Waals surface area contributed by atoms with Gasteiger partial charge in [0, 0.05) is 41.8 Å². The maximum atomic E-state index is 12.5. The molecule has 1 saturated heterocycles. The number of piperazine rings is 1. The van der Waals surface area contributed by atoms with E-state index in [2.05, 4.69) is 15.1 Å². The number of hydrogen-bond donors (Lipinski definition) is 0. The van der Waals surface area contributed by atoms with Crippen LogP contribution in [0.25, 0.3) is 11.3 Å². The Morgan fingerprint density at radius 1 is 0.968 bits per heavy atom. The number of halogens is 2. The van der Waals surface area contributed by atoms with Crippen LogP contribution in [0.5, 0.6) is 5.75 Å². The zero-order valence-electron chi connectivity index (χ0n) is 17.1. The number of benzene rings is 2. The second-order valence-electron chi connectivity index (χ2n) is 7.35. The zero-order valence-corrected chi connectivity index (χ0v) is 18.6. The summed E-state index contributed by atoms with van der Waals surface area (Å²) >= 11 is 12.0. The van der Waals surface area contributed by atoms with Gasteiger partial charge in [-0.05, 0) is 55.0 Å². The van der Waals surface area contributed by atoms with Gasteiger partial charge in [-0.1, -0.05) is 35.3 Å². The predicted molar refractivity (Wildman–Crippen MR) is 123 cm³/mol. The largest absolute Gasteiger partial charge is 0.484 e. The highest BCUT2D eigenvalue weighted by Crippen LogP contribution is 2.22. The lowest BCUT2D eigenvalue weighted by molar-refractivity contribution is -0.133. The van der Waals surface area contributed by atoms with Crippen LogP contribution in [0.1, 0.15) is 5.56 Å². The third-order valence-electron chi connectivity index (χ3n) is 5.24. The fourth-order valence-corrected chi connectivity index (χ4v) is 3.64. The smallest absolute Gasteiger partial charge is 0.260 e. The summed E-state index contributed by atoms with van der Waals surface area (Å²) in [5.74, 6) is 1.42. The highest BCUT2D eigenvalue weighted by molar-refractivity contribution is 6.31. The van der Waals surface area contributed by atoms with E-state index in [0.717, 1.165) is 22.6 Å². The van der Waals surface area contributed by atoms with E-state index in [-0.39, 0.29) is 12.5 Å². The number of nitrogens with zero attached hydrogens (tertiary/aromatic N) is 4. The first-order valence-electron chi connectivity index (χ1n) is 10.0. The average molecular weight is 457 g/mol. The molecule has 0 aliphatic carbocycles. The van der Waals surface area contributed by atoms with E-state index in [1.54, 1.807) is 12.1 Å². The van der Waals surface area contributed by atoms with E-state index in [4.69, 9.17) is 27.9 Å². The molecule has 0 spiro atoms. The van der Waals surface area contributed by atoms with E-state index in [0.29, 0.717) is 42.0 Å². The number of anilines is 1. The van der Waals surface area contributed by atoms with Gasteiger partial charge in [0.15, 0.2) is 12.4 Å². The fourth-order valence-electron chi connectivity index (χ4n) is 3.40. The highest BCUT2D eigenvalue weighted by atomic mass is 35.5. The van der Waals surface area contributed by atoms with Gasteiger partial charge in [-0.15, -0.1) is 10.2 Å². The molecule has 0 bridgehead atoms. The Balaban J connectivity index is 1.29. The minimum atomic E-state index is -0.0311. The number of aromatic nitrogens is 2. The van der Waals surface area contributed by atoms with Crippen molar-refractivity contribution in [2.45, 2.75) is 6.92 Å². The lowest BCUT2D eigenvalue weighted by Gasteiger charge is -2.35. The van der Waals surface area contributed by atoms with Crippen LogP contribution >= 0.6 is 23.2 Å². The first-order chi connectivity index (χ1) is 15.0. The Morgan fingerprint density at radius 2 is 1.71 bits per heavy atom. The Labute approximate surface area is 191 Å². The fraction of sp³-hybridized carbons (Fsp3) is 0.261. The molecular weight excluding hydrogens is 435 g/mol. The van der Waals surface area contributed by atoms with Crippen molar-refractivity contribution in [3.05, 3.63) is 70.2 Å². The van der Waals surface area contributed by atoms with Gasteiger partial charge in [0.05, 0.1) is 5.69 Å². The van der Waals surface area contributed by atoms with Gasteiger partial charge >= 0.3 is 0 Å². The standard InChI is InChI=1S/C23H22Cl2N4O2/c1-16-14-19(6-7-20(16)25)31-15-23(30)29-12-10-28(11-13-29)22-9-8-21(26-27-22)17-2-4-18(24)5-3-17/h2-9,14H,10-13,15H2,1H3. The Hall–Kier alpha value is -2.83. The van der Waals surface area contributed by atoms with Crippen molar-refractivity contribution in [2.24, 2.45) is 0 Å². The summed E-state index contributed by atoms with van der Waals surface area (Å²) in [7, 11) is 0. The first kappa shape index (κ1) is 21.4. The first-order valence-corrected chi connectivity index (χ1v) is 10.8. The molecule has 0 N–H and O–H groups in total. The molecule has 2 aromatic carbocycles. The zero-order chi connectivity index (χ0) is 21.8. The molecule has 31 heavy (non-hydrogen) atoms. The maximum Gasteiger partial charge on any atom is 0.260 e. The van der Waals surface area contributed by atoms with Gasteiger partial charge in [0.1, 0.15) is 5.75 Å². The molecule has 2 heterocycles. The van der Waals surface area contributed by atoms with Gasteiger partial charge in [0.2, 0.25) is 0 Å². The summed E-state index contributed by atoms with van der Waals surface area (Å²) in [6.07, 6.45) is 0. The molecule has 0 radical (unpaired) electrons. The van der Waals surface area contributed by atoms with E-state index in [1.807, 2.05) is 54.3 Å². The van der Waals surface area contributed by atoms with Crippen molar-refractivity contribution in [1.82, 2.24) is 15.1 Å². The lowest BCUT2D eigenvalue weighted by atomic mass is 10.1. The van der Waals surface area contributed by atoms with Crippen LogP contribution in [0.4, 0.5) is 5.82 Å². The predicted octanol–water partition coefficient (Wildman–Crippen LogP) is 4.49. The molecule has 4 rings (SSSR count). The maximum absolute atomic E-state index is 12.5. The summed E-state index contributed by atoms with van der Waals surface area (Å²) in [6, 6.07) is 16.8. The second-order valence-corrected chi connectivity index (χ2v) is 8.19. The number of carbonyl (C=O) groups excluding carboxylic acids is 1. The molecule has 1 aromatic heterocycles. The van der Waals surface area contributed by atoms with E-state index in [9.17, 15) is 4.79 Å². The van der Waals surface area contributed by atoms with Crippen molar-refractivity contribution >= 4 is 34.9 Å². The van der Waals surface area contributed by atoms with Crippen LogP contribution in [0.3, 0.4) is 0 Å². The molecule has 1 fully saturated rings. The van der Waals surface area contributed by atoms with Crippen LogP contribution in [0.15, 0.2) is 54.6 Å². The third kappa shape index (κ3) is 5.27. The van der Waals surface area contributed by atoms with Crippen LogP contribution in [0, 0.1) is 6.92 Å². The molecule has 6 nitrogen and oxygen atoms in total. The Morgan fingerprint density at radius 3 is 2.35 bits per heavy atom. The molecular formula is C23H22Cl2N4O2. The number of aryl methyl sites for hydroxylation is 1. The summed E-state index contributed by atoms with van der Waals surface area (Å²) in [5, 5.41) is 10.1. The van der Waals surface area contributed by atoms with Gasteiger partial charge in [0.25, 0.3) is 5.91 Å². The minimum Gasteiger partial charge on any atom is -0.484 e. The van der Waals surface area contributed by atoms with Crippen molar-refractivity contribution < 1.29 is 9.53 Å². The SMILES string of the molecule is Cc1cc(OCC(=O)N2CCN(c3ccc(-c4ccc(Cl)cc4)nn3)CC2)ccc1Cl. The van der Waals surface area contributed by atoms with Gasteiger partial charge < -0.3 is 14.5 Å². The minimum absolute atomic E-state index is 0.0106. The van der Waals surface area contributed by atoms with E-state index < -0.39 is 0 Å². The number of hydrogen-bond acceptors (Lipinski definition) is 5. The lowest BCUT2D eigenvalue weighted by Crippen LogP contribution is -2.50. The molecule has 3 aromatic rings. The van der Waals surface area contributed by atoms with Crippen molar-refractivity contribution in [2.75, 3.05) is 37.7 Å². The number of carbonyl (C=O) groups is 1. The highest BCUT2D eigenvalue weighted by Gasteiger charge is 2.22. The summed E-state index contributed by atoms with van der Waals surface area (Å²) in [6.45, 7) is 4.53. The number of ether oxygens (including phenoxy) is 1. The molecule has 1 aliphatic heterocycles. The quantitative estimate of drug-likeness (QED) is 0.565. The summed E-state index contributed by atoms with van der Waals surface area (Å²) in [5.41, 5.74) is 2.68. The molecule has 0 saturated carbocycles. The normalized spacial score (nSPS) is 13.9. The third-order valence-corrected chi connectivity index (χ3v) is 5.91. The number of rotatable bonds is 5. The molecule has 1 amide bonds. The van der Waals surface area contributed by atoms with E-state index in [1.165, 1.54) is 0 Å². The Bertz CT molecular complexity index is 1050. The van der Waals surface area contributed by atoms with Gasteiger partial charge in [-0.25, -0.2) is 0 Å². The molecule has 8 heteroatoms.